The van der Waals surface area contributed by atoms with E-state index in [0.29, 0.717) is 36.3 Å². The standard InChI is InChI=1S/C19H20BN7O3/c1-30-19-25-17-13(9-21)5-3-7-15(17)27(19)18-24-16(11-23-26-18)22-10-12-4-2-6-14(8-12)20(28)29/h2-8,11,28-29H,9-10,21H2,1H3,(H,22,24,26). The molecule has 0 saturated heterocycles. The lowest BCUT2D eigenvalue weighted by Crippen LogP contribution is -2.30. The fourth-order valence-corrected chi connectivity index (χ4v) is 3.16. The number of nitrogens with zero attached hydrogens (tertiary/aromatic N) is 5. The third-order valence-electron chi connectivity index (χ3n) is 4.61. The third kappa shape index (κ3) is 3.81. The second kappa shape index (κ2) is 8.45. The van der Waals surface area contributed by atoms with Crippen molar-refractivity contribution in [1.82, 2.24) is 24.7 Å². The van der Waals surface area contributed by atoms with Crippen LogP contribution in [0.5, 0.6) is 6.01 Å². The van der Waals surface area contributed by atoms with Crippen LogP contribution in [0.1, 0.15) is 11.1 Å². The van der Waals surface area contributed by atoms with Crippen LogP contribution in [0.15, 0.2) is 48.7 Å². The van der Waals surface area contributed by atoms with Crippen LogP contribution in [-0.4, -0.2) is 49.0 Å². The first-order valence-electron chi connectivity index (χ1n) is 9.24. The molecule has 2 heterocycles. The summed E-state index contributed by atoms with van der Waals surface area (Å²) < 4.78 is 7.10. The molecule has 0 aliphatic carbocycles. The van der Waals surface area contributed by atoms with Gasteiger partial charge in [-0.3, -0.25) is 0 Å². The van der Waals surface area contributed by atoms with Gasteiger partial charge in [0.2, 0.25) is 0 Å². The zero-order chi connectivity index (χ0) is 21.1. The molecular formula is C19H20BN7O3. The number of para-hydroxylation sites is 1. The Morgan fingerprint density at radius 2 is 2.00 bits per heavy atom. The number of ether oxygens (including phenoxy) is 1. The molecule has 11 heteroatoms. The number of hydrogen-bond acceptors (Lipinski definition) is 9. The Morgan fingerprint density at radius 1 is 1.17 bits per heavy atom. The molecular weight excluding hydrogens is 385 g/mol. The third-order valence-corrected chi connectivity index (χ3v) is 4.61. The summed E-state index contributed by atoms with van der Waals surface area (Å²) in [5.41, 5.74) is 9.48. The predicted octanol–water partition coefficient (Wildman–Crippen LogP) is -0.0303. The lowest BCUT2D eigenvalue weighted by molar-refractivity contribution is 0.373. The largest absolute Gasteiger partial charge is 0.488 e. The topological polar surface area (TPSA) is 144 Å². The Kier molecular flexibility index (Phi) is 5.57. The molecule has 5 N–H and O–H groups in total. The van der Waals surface area contributed by atoms with Gasteiger partial charge >= 0.3 is 13.1 Å². The molecule has 0 aliphatic heterocycles. The minimum absolute atomic E-state index is 0.299. The number of fused-ring (bicyclic) bond motifs is 1. The molecule has 0 aliphatic rings. The lowest BCUT2D eigenvalue weighted by Gasteiger charge is -2.09. The van der Waals surface area contributed by atoms with E-state index in [1.165, 1.54) is 13.3 Å². The van der Waals surface area contributed by atoms with Gasteiger partial charge in [-0.05, 0) is 22.7 Å². The highest BCUT2D eigenvalue weighted by molar-refractivity contribution is 6.58. The van der Waals surface area contributed by atoms with Gasteiger partial charge in [0, 0.05) is 13.1 Å². The van der Waals surface area contributed by atoms with Gasteiger partial charge in [-0.1, -0.05) is 36.4 Å². The Morgan fingerprint density at radius 3 is 2.77 bits per heavy atom. The summed E-state index contributed by atoms with van der Waals surface area (Å²) in [6.07, 6.45) is 1.51. The molecule has 152 valence electrons. The Bertz CT molecular complexity index is 1180. The van der Waals surface area contributed by atoms with Crippen molar-refractivity contribution in [2.24, 2.45) is 5.73 Å². The predicted molar refractivity (Wildman–Crippen MR) is 112 cm³/mol. The highest BCUT2D eigenvalue weighted by atomic mass is 16.5. The number of benzene rings is 2. The molecule has 4 rings (SSSR count). The van der Waals surface area contributed by atoms with Gasteiger partial charge < -0.3 is 25.8 Å². The van der Waals surface area contributed by atoms with E-state index >= 15 is 0 Å². The summed E-state index contributed by atoms with van der Waals surface area (Å²) in [4.78, 5) is 9.04. The molecule has 0 bridgehead atoms. The van der Waals surface area contributed by atoms with Crippen LogP contribution < -0.4 is 21.3 Å². The number of aromatic nitrogens is 5. The number of imidazole rings is 1. The second-order valence-electron chi connectivity index (χ2n) is 6.54. The Balaban J connectivity index is 1.65. The highest BCUT2D eigenvalue weighted by Crippen LogP contribution is 2.26. The maximum atomic E-state index is 9.32. The average Bonchev–Trinajstić information content (AvgIpc) is 3.17. The number of rotatable bonds is 7. The van der Waals surface area contributed by atoms with Crippen LogP contribution >= 0.6 is 0 Å². The lowest BCUT2D eigenvalue weighted by atomic mass is 9.80. The van der Waals surface area contributed by atoms with Crippen molar-refractivity contribution >= 4 is 29.4 Å². The first kappa shape index (κ1) is 19.8. The Hall–Kier alpha value is -3.54. The Labute approximate surface area is 172 Å². The van der Waals surface area contributed by atoms with Crippen molar-refractivity contribution in [3.8, 4) is 12.0 Å². The summed E-state index contributed by atoms with van der Waals surface area (Å²) in [5.74, 6) is 0.793. The summed E-state index contributed by atoms with van der Waals surface area (Å²) in [6.45, 7) is 0.762. The van der Waals surface area contributed by atoms with Gasteiger partial charge in [-0.25, -0.2) is 4.57 Å². The SMILES string of the molecule is COc1nc2c(CN)cccc2n1-c1nncc(NCc2cccc(B(O)O)c2)n1. The van der Waals surface area contributed by atoms with E-state index in [9.17, 15) is 10.0 Å². The summed E-state index contributed by atoms with van der Waals surface area (Å²) in [7, 11) is 0.00968. The van der Waals surface area contributed by atoms with E-state index in [2.05, 4.69) is 25.5 Å². The smallest absolute Gasteiger partial charge is 0.468 e. The van der Waals surface area contributed by atoms with Crippen molar-refractivity contribution < 1.29 is 14.8 Å². The molecule has 2 aromatic carbocycles. The van der Waals surface area contributed by atoms with Crippen LogP contribution in [0.3, 0.4) is 0 Å². The number of nitrogens with two attached hydrogens (primary N) is 1. The van der Waals surface area contributed by atoms with Gasteiger partial charge in [0.15, 0.2) is 5.82 Å². The first-order chi connectivity index (χ1) is 14.6. The molecule has 0 radical (unpaired) electrons. The number of anilines is 1. The number of hydrogen-bond donors (Lipinski definition) is 4. The molecule has 0 amide bonds. The quantitative estimate of drug-likeness (QED) is 0.312. The fourth-order valence-electron chi connectivity index (χ4n) is 3.16. The van der Waals surface area contributed by atoms with E-state index in [1.54, 1.807) is 22.8 Å². The van der Waals surface area contributed by atoms with Gasteiger partial charge in [-0.15, -0.1) is 5.10 Å². The van der Waals surface area contributed by atoms with Crippen molar-refractivity contribution in [3.05, 3.63) is 59.8 Å². The average molecular weight is 405 g/mol. The van der Waals surface area contributed by atoms with E-state index in [4.69, 9.17) is 10.5 Å². The maximum Gasteiger partial charge on any atom is 0.488 e. The minimum atomic E-state index is -1.52. The summed E-state index contributed by atoms with van der Waals surface area (Å²) in [6, 6.07) is 13.0. The van der Waals surface area contributed by atoms with Gasteiger partial charge in [0.05, 0.1) is 24.3 Å². The molecule has 0 fully saturated rings. The molecule has 0 atom stereocenters. The molecule has 2 aromatic heterocycles. The molecule has 10 nitrogen and oxygen atoms in total. The molecule has 0 spiro atoms. The zero-order valence-electron chi connectivity index (χ0n) is 16.2. The normalized spacial score (nSPS) is 10.9. The van der Waals surface area contributed by atoms with E-state index in [-0.39, 0.29) is 0 Å². The summed E-state index contributed by atoms with van der Waals surface area (Å²) in [5, 5.41) is 30.0. The highest BCUT2D eigenvalue weighted by Gasteiger charge is 2.18. The zero-order valence-corrected chi connectivity index (χ0v) is 16.2. The van der Waals surface area contributed by atoms with Crippen LogP contribution in [0.4, 0.5) is 5.82 Å². The van der Waals surface area contributed by atoms with Gasteiger partial charge in [0.25, 0.3) is 5.95 Å². The minimum Gasteiger partial charge on any atom is -0.468 e. The van der Waals surface area contributed by atoms with Crippen LogP contribution in [-0.2, 0) is 13.1 Å². The van der Waals surface area contributed by atoms with Crippen molar-refractivity contribution in [3.63, 3.8) is 0 Å². The monoisotopic (exact) mass is 405 g/mol. The second-order valence-corrected chi connectivity index (χ2v) is 6.54. The fraction of sp³-hybridized carbons (Fsp3) is 0.158. The molecule has 30 heavy (non-hydrogen) atoms. The summed E-state index contributed by atoms with van der Waals surface area (Å²) >= 11 is 0. The molecule has 4 aromatic rings. The first-order valence-corrected chi connectivity index (χ1v) is 9.24. The van der Waals surface area contributed by atoms with Gasteiger partial charge in [-0.2, -0.15) is 15.1 Å². The van der Waals surface area contributed by atoms with Crippen LogP contribution in [0.2, 0.25) is 0 Å². The van der Waals surface area contributed by atoms with E-state index < -0.39 is 7.12 Å². The van der Waals surface area contributed by atoms with Crippen molar-refractivity contribution in [2.75, 3.05) is 12.4 Å². The van der Waals surface area contributed by atoms with Crippen molar-refractivity contribution in [2.45, 2.75) is 13.1 Å². The number of nitrogens with one attached hydrogen (secondary N) is 1. The van der Waals surface area contributed by atoms with Crippen LogP contribution in [0, 0.1) is 0 Å². The molecule has 0 unspecified atom stereocenters. The van der Waals surface area contributed by atoms with Crippen molar-refractivity contribution in [1.29, 1.82) is 0 Å². The maximum absolute atomic E-state index is 9.32. The molecule has 0 saturated carbocycles. The van der Waals surface area contributed by atoms with E-state index in [0.717, 1.165) is 22.2 Å². The number of methoxy groups -OCH3 is 1. The van der Waals surface area contributed by atoms with Gasteiger partial charge in [0.1, 0.15) is 0 Å². The van der Waals surface area contributed by atoms with Crippen LogP contribution in [0.25, 0.3) is 17.0 Å². The van der Waals surface area contributed by atoms with E-state index in [1.807, 2.05) is 24.3 Å².